The van der Waals surface area contributed by atoms with Gasteiger partial charge < -0.3 is 10.4 Å². The van der Waals surface area contributed by atoms with Crippen LogP contribution in [0.15, 0.2) is 18.2 Å². The fraction of sp³-hybridized carbons (Fsp3) is 0.417. The summed E-state index contributed by atoms with van der Waals surface area (Å²) >= 11 is 3.33. The number of nitrogens with one attached hydrogen (secondary N) is 1. The molecule has 1 amide bonds. The van der Waals surface area contributed by atoms with Crippen molar-refractivity contribution in [2.75, 3.05) is 11.9 Å². The maximum absolute atomic E-state index is 12.7. The van der Waals surface area contributed by atoms with Gasteiger partial charge in [0.15, 0.2) is 0 Å². The number of rotatable bonds is 5. The molecule has 3 nitrogen and oxygen atoms in total. The second-order valence-electron chi connectivity index (χ2n) is 3.95. The van der Waals surface area contributed by atoms with Gasteiger partial charge in [-0.3, -0.25) is 4.79 Å². The van der Waals surface area contributed by atoms with Crippen molar-refractivity contribution < 1.29 is 14.3 Å². The van der Waals surface area contributed by atoms with Crippen LogP contribution in [-0.4, -0.2) is 22.9 Å². The Morgan fingerprint density at radius 2 is 2.29 bits per heavy atom. The lowest BCUT2D eigenvalue weighted by Crippen LogP contribution is -2.28. The van der Waals surface area contributed by atoms with Gasteiger partial charge in [0, 0.05) is 17.9 Å². The van der Waals surface area contributed by atoms with Gasteiger partial charge in [0.05, 0.1) is 5.56 Å². The highest BCUT2D eigenvalue weighted by Gasteiger charge is 2.12. The van der Waals surface area contributed by atoms with Crippen molar-refractivity contribution in [3.63, 3.8) is 0 Å². The zero-order valence-corrected chi connectivity index (χ0v) is 11.1. The standard InChI is InChI=1S/C12H15BrFNO2/c1-8(4-5-13)7-15-12(17)10-3-2-9(14)6-11(10)16/h2-3,6,8,16H,4-5,7H2,1H3,(H,15,17). The van der Waals surface area contributed by atoms with E-state index in [9.17, 15) is 14.3 Å². The zero-order valence-electron chi connectivity index (χ0n) is 9.54. The topological polar surface area (TPSA) is 49.3 Å². The zero-order chi connectivity index (χ0) is 12.8. The Balaban J connectivity index is 2.58. The van der Waals surface area contributed by atoms with Crippen molar-refractivity contribution >= 4 is 21.8 Å². The Morgan fingerprint density at radius 3 is 2.88 bits per heavy atom. The Morgan fingerprint density at radius 1 is 1.59 bits per heavy atom. The third-order valence-electron chi connectivity index (χ3n) is 2.42. The Hall–Kier alpha value is -1.10. The number of carbonyl (C=O) groups excluding carboxylic acids is 1. The number of phenols is 1. The van der Waals surface area contributed by atoms with E-state index in [1.165, 1.54) is 6.07 Å². The first-order chi connectivity index (χ1) is 8.04. The molecule has 5 heteroatoms. The summed E-state index contributed by atoms with van der Waals surface area (Å²) in [5.41, 5.74) is 0.0949. The molecule has 0 saturated carbocycles. The summed E-state index contributed by atoms with van der Waals surface area (Å²) in [5.74, 6) is -0.938. The van der Waals surface area contributed by atoms with Gasteiger partial charge in [-0.15, -0.1) is 0 Å². The van der Waals surface area contributed by atoms with Gasteiger partial charge >= 0.3 is 0 Å². The number of aromatic hydroxyl groups is 1. The van der Waals surface area contributed by atoms with Crippen molar-refractivity contribution in [2.45, 2.75) is 13.3 Å². The quantitative estimate of drug-likeness (QED) is 0.822. The number of hydrogen-bond donors (Lipinski definition) is 2. The maximum atomic E-state index is 12.7. The molecule has 0 heterocycles. The van der Waals surface area contributed by atoms with Crippen LogP contribution in [0.2, 0.25) is 0 Å². The highest BCUT2D eigenvalue weighted by molar-refractivity contribution is 9.09. The molecule has 94 valence electrons. The van der Waals surface area contributed by atoms with Gasteiger partial charge in [0.25, 0.3) is 5.91 Å². The third kappa shape index (κ3) is 4.34. The number of amides is 1. The first-order valence-corrected chi connectivity index (χ1v) is 6.49. The minimum atomic E-state index is -0.563. The van der Waals surface area contributed by atoms with E-state index in [-0.39, 0.29) is 17.2 Å². The molecule has 0 aliphatic carbocycles. The molecule has 0 fully saturated rings. The van der Waals surface area contributed by atoms with Crippen LogP contribution in [-0.2, 0) is 0 Å². The van der Waals surface area contributed by atoms with Crippen molar-refractivity contribution in [1.29, 1.82) is 0 Å². The first kappa shape index (κ1) is 14.0. The molecule has 1 unspecified atom stereocenters. The molecule has 0 saturated heterocycles. The number of halogens is 2. The van der Waals surface area contributed by atoms with E-state index in [1.54, 1.807) is 0 Å². The van der Waals surface area contributed by atoms with Crippen molar-refractivity contribution in [2.24, 2.45) is 5.92 Å². The Bertz CT molecular complexity index is 398. The molecule has 2 N–H and O–H groups in total. The highest BCUT2D eigenvalue weighted by Crippen LogP contribution is 2.17. The minimum Gasteiger partial charge on any atom is -0.507 e. The largest absolute Gasteiger partial charge is 0.507 e. The summed E-state index contributed by atoms with van der Waals surface area (Å²) in [6.45, 7) is 2.55. The average molecular weight is 304 g/mol. The summed E-state index contributed by atoms with van der Waals surface area (Å²) in [6, 6.07) is 3.35. The van der Waals surface area contributed by atoms with Crippen molar-refractivity contribution in [3.05, 3.63) is 29.6 Å². The maximum Gasteiger partial charge on any atom is 0.255 e. The molecular weight excluding hydrogens is 289 g/mol. The second kappa shape index (κ2) is 6.59. The number of carbonyl (C=O) groups is 1. The van der Waals surface area contributed by atoms with Gasteiger partial charge in [-0.1, -0.05) is 22.9 Å². The molecule has 1 rings (SSSR count). The predicted molar refractivity (Wildman–Crippen MR) is 68.0 cm³/mol. The van der Waals surface area contributed by atoms with Crippen LogP contribution in [0.25, 0.3) is 0 Å². The van der Waals surface area contributed by atoms with E-state index >= 15 is 0 Å². The number of benzene rings is 1. The summed E-state index contributed by atoms with van der Waals surface area (Å²) in [4.78, 5) is 11.7. The molecule has 0 aromatic heterocycles. The lowest BCUT2D eigenvalue weighted by molar-refractivity contribution is 0.0945. The predicted octanol–water partition coefficient (Wildman–Crippen LogP) is 2.68. The van der Waals surface area contributed by atoms with Crippen molar-refractivity contribution in [1.82, 2.24) is 5.32 Å². The van der Waals surface area contributed by atoms with E-state index in [1.807, 2.05) is 6.92 Å². The first-order valence-electron chi connectivity index (χ1n) is 5.37. The van der Waals surface area contributed by atoms with Crippen molar-refractivity contribution in [3.8, 4) is 5.75 Å². The fourth-order valence-corrected chi connectivity index (χ4v) is 2.13. The molecule has 0 radical (unpaired) electrons. The van der Waals surface area contributed by atoms with Crippen LogP contribution in [0.1, 0.15) is 23.7 Å². The molecule has 17 heavy (non-hydrogen) atoms. The average Bonchev–Trinajstić information content (AvgIpc) is 2.26. The van der Waals surface area contributed by atoms with E-state index < -0.39 is 5.82 Å². The molecule has 0 spiro atoms. The van der Waals surface area contributed by atoms with Crippen LogP contribution in [0, 0.1) is 11.7 Å². The second-order valence-corrected chi connectivity index (χ2v) is 4.75. The van der Waals surface area contributed by atoms with E-state index in [4.69, 9.17) is 0 Å². The molecule has 1 aromatic rings. The lowest BCUT2D eigenvalue weighted by Gasteiger charge is -2.11. The van der Waals surface area contributed by atoms with Crippen LogP contribution >= 0.6 is 15.9 Å². The van der Waals surface area contributed by atoms with Crippen LogP contribution in [0.5, 0.6) is 5.75 Å². The monoisotopic (exact) mass is 303 g/mol. The summed E-state index contributed by atoms with van der Waals surface area (Å²) in [7, 11) is 0. The summed E-state index contributed by atoms with van der Waals surface area (Å²) in [5, 5.41) is 13.0. The van der Waals surface area contributed by atoms with Gasteiger partial charge in [-0.05, 0) is 24.5 Å². The number of alkyl halides is 1. The SMILES string of the molecule is CC(CCBr)CNC(=O)c1ccc(F)cc1O. The fourth-order valence-electron chi connectivity index (χ4n) is 1.35. The van der Waals surface area contributed by atoms with E-state index in [0.29, 0.717) is 12.5 Å². The Kier molecular flexibility index (Phi) is 5.41. The normalized spacial score (nSPS) is 12.2. The molecular formula is C12H15BrFNO2. The molecule has 0 aliphatic heterocycles. The van der Waals surface area contributed by atoms with Gasteiger partial charge in [-0.25, -0.2) is 4.39 Å². The number of hydrogen-bond acceptors (Lipinski definition) is 2. The molecule has 1 aromatic carbocycles. The van der Waals surface area contributed by atoms with Gasteiger partial charge in [-0.2, -0.15) is 0 Å². The number of phenolic OH excluding ortho intramolecular Hbond substituents is 1. The van der Waals surface area contributed by atoms with Crippen LogP contribution in [0.4, 0.5) is 4.39 Å². The Labute approximate surface area is 108 Å². The summed E-state index contributed by atoms with van der Waals surface area (Å²) < 4.78 is 12.7. The third-order valence-corrected chi connectivity index (χ3v) is 2.88. The van der Waals surface area contributed by atoms with E-state index in [0.717, 1.165) is 23.9 Å². The molecule has 0 bridgehead atoms. The molecule has 1 atom stereocenters. The smallest absolute Gasteiger partial charge is 0.255 e. The summed E-state index contributed by atoms with van der Waals surface area (Å²) in [6.07, 6.45) is 0.954. The highest BCUT2D eigenvalue weighted by atomic mass is 79.9. The van der Waals surface area contributed by atoms with Crippen LogP contribution < -0.4 is 5.32 Å². The van der Waals surface area contributed by atoms with Gasteiger partial charge in [0.2, 0.25) is 0 Å². The van der Waals surface area contributed by atoms with Crippen LogP contribution in [0.3, 0.4) is 0 Å². The van der Waals surface area contributed by atoms with Gasteiger partial charge in [0.1, 0.15) is 11.6 Å². The lowest BCUT2D eigenvalue weighted by atomic mass is 10.1. The minimum absolute atomic E-state index is 0.0949. The van der Waals surface area contributed by atoms with E-state index in [2.05, 4.69) is 21.2 Å². The molecule has 0 aliphatic rings.